The molecule has 0 saturated carbocycles. The van der Waals surface area contributed by atoms with E-state index in [9.17, 15) is 0 Å². The molecule has 8 heteroatoms. The Bertz CT molecular complexity index is 1070. The van der Waals surface area contributed by atoms with Crippen molar-refractivity contribution in [2.45, 2.75) is 6.82 Å². The second-order valence-electron chi connectivity index (χ2n) is 6.42. The number of H-pyrrole nitrogens is 1. The number of piperazine rings is 1. The van der Waals surface area contributed by atoms with Crippen LogP contribution < -0.4 is 4.90 Å². The molecule has 26 heavy (non-hydrogen) atoms. The molecule has 4 aromatic rings. The Morgan fingerprint density at radius 3 is 2.85 bits per heavy atom. The number of anilines is 1. The number of hydrogen-bond donors (Lipinski definition) is 1. The Labute approximate surface area is 156 Å². The van der Waals surface area contributed by atoms with Crippen molar-refractivity contribution >= 4 is 45.7 Å². The number of nitrogens with zero attached hydrogens (tertiary/aromatic N) is 5. The van der Waals surface area contributed by atoms with Gasteiger partial charge < -0.3 is 9.71 Å². The van der Waals surface area contributed by atoms with Gasteiger partial charge in [-0.1, -0.05) is 19.0 Å². The van der Waals surface area contributed by atoms with Crippen LogP contribution in [0.4, 0.5) is 5.82 Å². The second kappa shape index (κ2) is 6.37. The molecule has 1 aromatic carbocycles. The first-order valence-corrected chi connectivity index (χ1v) is 9.67. The predicted molar refractivity (Wildman–Crippen MR) is 108 cm³/mol. The Hall–Kier alpha value is -2.45. The minimum atomic E-state index is 0.766. The van der Waals surface area contributed by atoms with Gasteiger partial charge >= 0.3 is 0 Å². The van der Waals surface area contributed by atoms with Gasteiger partial charge in [0.15, 0.2) is 11.6 Å². The number of rotatable bonds is 3. The fraction of sp³-hybridized carbons (Fsp3) is 0.278. The van der Waals surface area contributed by atoms with Gasteiger partial charge in [-0.05, 0) is 17.5 Å². The molecule has 1 fully saturated rings. The zero-order valence-corrected chi connectivity index (χ0v) is 15.3. The normalized spacial score (nSPS) is 15.8. The summed E-state index contributed by atoms with van der Waals surface area (Å²) < 4.78 is 1.17. The number of fused-ring (bicyclic) bond motifs is 2. The maximum absolute atomic E-state index is 5.00. The zero-order chi connectivity index (χ0) is 17.5. The van der Waals surface area contributed by atoms with Crippen molar-refractivity contribution < 1.29 is 0 Å². The van der Waals surface area contributed by atoms with Crippen molar-refractivity contribution in [3.63, 3.8) is 0 Å². The summed E-state index contributed by atoms with van der Waals surface area (Å²) in [5.41, 5.74) is 3.04. The summed E-state index contributed by atoms with van der Waals surface area (Å²) in [4.78, 5) is 14.6. The van der Waals surface area contributed by atoms with Crippen LogP contribution in [0, 0.1) is 0 Å². The summed E-state index contributed by atoms with van der Waals surface area (Å²) in [5.74, 6) is 1.82. The molecule has 3 aromatic heterocycles. The second-order valence-corrected chi connectivity index (χ2v) is 7.34. The third-order valence-electron chi connectivity index (χ3n) is 4.99. The standard InChI is InChI=1S/C18H18BN6S/c1-19-25-8-6-24(7-9-25)18-16-15(5-10-26-16)21-17(22-18)12-3-2-4-14-13(12)11-20-23-14/h2-5,10-11H,6-9H2,1H3,(H,20,23). The monoisotopic (exact) mass is 361 g/mol. The third kappa shape index (κ3) is 2.57. The first kappa shape index (κ1) is 15.8. The van der Waals surface area contributed by atoms with Crippen LogP contribution >= 0.6 is 11.3 Å². The number of benzene rings is 1. The van der Waals surface area contributed by atoms with E-state index >= 15 is 0 Å². The van der Waals surface area contributed by atoms with Gasteiger partial charge in [0.05, 0.1) is 21.9 Å². The molecule has 1 aliphatic heterocycles. The molecule has 0 unspecified atom stereocenters. The van der Waals surface area contributed by atoms with E-state index in [4.69, 9.17) is 9.97 Å². The van der Waals surface area contributed by atoms with Crippen molar-refractivity contribution in [2.24, 2.45) is 0 Å². The predicted octanol–water partition coefficient (Wildman–Crippen LogP) is 3.02. The van der Waals surface area contributed by atoms with Crippen molar-refractivity contribution in [3.8, 4) is 11.4 Å². The molecule has 0 atom stereocenters. The number of aromatic amines is 1. The summed E-state index contributed by atoms with van der Waals surface area (Å²) >= 11 is 1.72. The minimum Gasteiger partial charge on any atom is -0.353 e. The highest BCUT2D eigenvalue weighted by Gasteiger charge is 2.21. The molecule has 1 radical (unpaired) electrons. The van der Waals surface area contributed by atoms with Gasteiger partial charge in [-0.3, -0.25) is 5.10 Å². The van der Waals surface area contributed by atoms with Gasteiger partial charge in [0, 0.05) is 37.1 Å². The van der Waals surface area contributed by atoms with E-state index in [2.05, 4.69) is 51.7 Å². The molecule has 5 rings (SSSR count). The van der Waals surface area contributed by atoms with E-state index in [1.807, 2.05) is 18.3 Å². The third-order valence-corrected chi connectivity index (χ3v) is 5.89. The average molecular weight is 361 g/mol. The van der Waals surface area contributed by atoms with Crippen LogP contribution in [0.3, 0.4) is 0 Å². The molecule has 129 valence electrons. The number of aromatic nitrogens is 4. The lowest BCUT2D eigenvalue weighted by Gasteiger charge is -2.35. The molecule has 0 aliphatic carbocycles. The molecule has 1 saturated heterocycles. The van der Waals surface area contributed by atoms with E-state index in [1.54, 1.807) is 11.3 Å². The maximum Gasteiger partial charge on any atom is 0.205 e. The van der Waals surface area contributed by atoms with Gasteiger partial charge in [0.1, 0.15) is 0 Å². The SMILES string of the molecule is C[B]N1CCN(c2nc(-c3cccc4[nH]ncc34)nc3ccsc23)CC1. The zero-order valence-electron chi connectivity index (χ0n) is 14.5. The van der Waals surface area contributed by atoms with Crippen LogP contribution in [0.2, 0.25) is 6.82 Å². The Morgan fingerprint density at radius 1 is 1.12 bits per heavy atom. The van der Waals surface area contributed by atoms with Gasteiger partial charge in [-0.15, -0.1) is 11.3 Å². The Kier molecular flexibility index (Phi) is 3.87. The molecule has 0 amide bonds. The summed E-state index contributed by atoms with van der Waals surface area (Å²) in [7, 11) is 2.17. The van der Waals surface area contributed by atoms with Gasteiger partial charge in [0.2, 0.25) is 7.41 Å². The molecule has 1 N–H and O–H groups in total. The highest BCUT2D eigenvalue weighted by Crippen LogP contribution is 2.33. The lowest BCUT2D eigenvalue weighted by atomic mass is 9.95. The smallest absolute Gasteiger partial charge is 0.205 e. The van der Waals surface area contributed by atoms with Crippen LogP contribution in [0.15, 0.2) is 35.8 Å². The molecule has 0 bridgehead atoms. The largest absolute Gasteiger partial charge is 0.353 e. The fourth-order valence-corrected chi connectivity index (χ4v) is 4.39. The Balaban J connectivity index is 1.63. The number of hydrogen-bond acceptors (Lipinski definition) is 6. The number of nitrogens with one attached hydrogen (secondary N) is 1. The first-order valence-electron chi connectivity index (χ1n) is 8.79. The average Bonchev–Trinajstić information content (AvgIpc) is 3.36. The number of thiophene rings is 1. The van der Waals surface area contributed by atoms with Gasteiger partial charge in [-0.25, -0.2) is 9.97 Å². The summed E-state index contributed by atoms with van der Waals surface area (Å²) in [6.07, 6.45) is 1.85. The minimum absolute atomic E-state index is 0.766. The quantitative estimate of drug-likeness (QED) is 0.569. The molecular formula is C18H18BN6S. The molecular weight excluding hydrogens is 343 g/mol. The topological polar surface area (TPSA) is 60.9 Å². The van der Waals surface area contributed by atoms with E-state index < -0.39 is 0 Å². The van der Waals surface area contributed by atoms with Gasteiger partial charge in [0.25, 0.3) is 0 Å². The van der Waals surface area contributed by atoms with E-state index in [0.717, 1.165) is 59.8 Å². The van der Waals surface area contributed by atoms with Crippen LogP contribution in [-0.2, 0) is 0 Å². The van der Waals surface area contributed by atoms with Crippen LogP contribution in [-0.4, -0.2) is 58.6 Å². The maximum atomic E-state index is 5.00. The van der Waals surface area contributed by atoms with Crippen molar-refractivity contribution in [1.82, 2.24) is 25.0 Å². The van der Waals surface area contributed by atoms with Crippen LogP contribution in [0.5, 0.6) is 0 Å². The Morgan fingerprint density at radius 2 is 2.00 bits per heavy atom. The summed E-state index contributed by atoms with van der Waals surface area (Å²) in [5, 5.41) is 10.4. The summed E-state index contributed by atoms with van der Waals surface area (Å²) in [6.45, 7) is 6.11. The van der Waals surface area contributed by atoms with E-state index in [0.29, 0.717) is 0 Å². The van der Waals surface area contributed by atoms with Crippen molar-refractivity contribution in [2.75, 3.05) is 31.1 Å². The highest BCUT2D eigenvalue weighted by molar-refractivity contribution is 7.17. The highest BCUT2D eigenvalue weighted by atomic mass is 32.1. The van der Waals surface area contributed by atoms with Crippen LogP contribution in [0.1, 0.15) is 0 Å². The lowest BCUT2D eigenvalue weighted by Crippen LogP contribution is -2.47. The molecule has 6 nitrogen and oxygen atoms in total. The van der Waals surface area contributed by atoms with E-state index in [1.165, 1.54) is 4.70 Å². The summed E-state index contributed by atoms with van der Waals surface area (Å²) in [6, 6.07) is 8.20. The van der Waals surface area contributed by atoms with Crippen molar-refractivity contribution in [3.05, 3.63) is 35.8 Å². The van der Waals surface area contributed by atoms with E-state index in [-0.39, 0.29) is 0 Å². The van der Waals surface area contributed by atoms with Crippen molar-refractivity contribution in [1.29, 1.82) is 0 Å². The molecule has 1 aliphatic rings. The first-order chi connectivity index (χ1) is 12.8. The fourth-order valence-electron chi connectivity index (χ4n) is 3.54. The molecule has 4 heterocycles. The molecule has 0 spiro atoms. The van der Waals surface area contributed by atoms with Crippen LogP contribution in [0.25, 0.3) is 32.5 Å². The van der Waals surface area contributed by atoms with Gasteiger partial charge in [-0.2, -0.15) is 5.10 Å². The lowest BCUT2D eigenvalue weighted by molar-refractivity contribution is 0.407.